The molecule has 1 amide bonds. The molecule has 96 valence electrons. The van der Waals surface area contributed by atoms with Crippen molar-refractivity contribution in [1.29, 1.82) is 5.26 Å². The highest BCUT2D eigenvalue weighted by Crippen LogP contribution is 1.90. The first kappa shape index (κ1) is 13.7. The molecule has 0 N–H and O–H groups in total. The van der Waals surface area contributed by atoms with Gasteiger partial charge in [-0.05, 0) is 0 Å². The van der Waals surface area contributed by atoms with Gasteiger partial charge in [-0.2, -0.15) is 5.26 Å². The van der Waals surface area contributed by atoms with Crippen LogP contribution in [0.25, 0.3) is 0 Å². The standard InChI is InChI=1S/C11H14N4O3/c1-13(5-3-4-12)9(16)8-15-7-6-14(2)10(17)11(15)18/h6-7H,3,5,8H2,1-2H3. The van der Waals surface area contributed by atoms with E-state index in [0.717, 1.165) is 9.13 Å². The number of likely N-dealkylation sites (N-methyl/N-ethyl adjacent to an activating group) is 1. The third-order valence-electron chi connectivity index (χ3n) is 2.52. The van der Waals surface area contributed by atoms with Crippen molar-refractivity contribution < 1.29 is 4.79 Å². The number of carbonyl (C=O) groups excluding carboxylic acids is 1. The summed E-state index contributed by atoms with van der Waals surface area (Å²) in [7, 11) is 3.01. The Labute approximate surface area is 103 Å². The molecule has 0 fully saturated rings. The predicted octanol–water partition coefficient (Wildman–Crippen LogP) is -1.08. The van der Waals surface area contributed by atoms with Crippen LogP contribution >= 0.6 is 0 Å². The topological polar surface area (TPSA) is 88.1 Å². The second kappa shape index (κ2) is 5.82. The monoisotopic (exact) mass is 250 g/mol. The lowest BCUT2D eigenvalue weighted by molar-refractivity contribution is -0.130. The molecular weight excluding hydrogens is 236 g/mol. The lowest BCUT2D eigenvalue weighted by Gasteiger charge is -2.16. The second-order valence-electron chi connectivity index (χ2n) is 3.87. The molecule has 0 saturated heterocycles. The van der Waals surface area contributed by atoms with Crippen LogP contribution in [-0.4, -0.2) is 33.5 Å². The summed E-state index contributed by atoms with van der Waals surface area (Å²) in [6, 6.07) is 1.93. The maximum atomic E-state index is 11.7. The summed E-state index contributed by atoms with van der Waals surface area (Å²) in [5, 5.41) is 8.41. The number of hydrogen-bond acceptors (Lipinski definition) is 4. The SMILES string of the molecule is CN(CCC#N)C(=O)Cn1ccn(C)c(=O)c1=O. The van der Waals surface area contributed by atoms with Gasteiger partial charge in [0.05, 0.1) is 12.5 Å². The molecule has 0 spiro atoms. The highest BCUT2D eigenvalue weighted by molar-refractivity contribution is 5.75. The molecule has 7 nitrogen and oxygen atoms in total. The van der Waals surface area contributed by atoms with Gasteiger partial charge in [0.25, 0.3) is 0 Å². The van der Waals surface area contributed by atoms with Crippen LogP contribution in [0.1, 0.15) is 6.42 Å². The predicted molar refractivity (Wildman–Crippen MR) is 63.8 cm³/mol. The van der Waals surface area contributed by atoms with Crippen molar-refractivity contribution >= 4 is 5.91 Å². The first-order valence-electron chi connectivity index (χ1n) is 5.34. The molecule has 0 atom stereocenters. The van der Waals surface area contributed by atoms with Crippen molar-refractivity contribution in [1.82, 2.24) is 14.0 Å². The zero-order valence-corrected chi connectivity index (χ0v) is 10.3. The Kier molecular flexibility index (Phi) is 4.43. The normalized spacial score (nSPS) is 9.83. The average molecular weight is 250 g/mol. The summed E-state index contributed by atoms with van der Waals surface area (Å²) < 4.78 is 2.22. The van der Waals surface area contributed by atoms with E-state index in [-0.39, 0.29) is 18.9 Å². The van der Waals surface area contributed by atoms with Crippen LogP contribution < -0.4 is 11.1 Å². The maximum Gasteiger partial charge on any atom is 0.316 e. The maximum absolute atomic E-state index is 11.7. The van der Waals surface area contributed by atoms with Gasteiger partial charge in [-0.1, -0.05) is 0 Å². The van der Waals surface area contributed by atoms with Crippen LogP contribution in [0.5, 0.6) is 0 Å². The number of amides is 1. The van der Waals surface area contributed by atoms with Crippen molar-refractivity contribution in [3.63, 3.8) is 0 Å². The summed E-state index contributed by atoms with van der Waals surface area (Å²) in [6.45, 7) is 0.103. The van der Waals surface area contributed by atoms with Crippen molar-refractivity contribution in [2.45, 2.75) is 13.0 Å². The fourth-order valence-corrected chi connectivity index (χ4v) is 1.32. The van der Waals surface area contributed by atoms with Gasteiger partial charge in [0, 0.05) is 33.0 Å². The zero-order valence-electron chi connectivity index (χ0n) is 10.3. The molecule has 0 aliphatic rings. The number of nitriles is 1. The summed E-state index contributed by atoms with van der Waals surface area (Å²) >= 11 is 0. The Morgan fingerprint density at radius 1 is 1.39 bits per heavy atom. The first-order valence-corrected chi connectivity index (χ1v) is 5.34. The summed E-state index contributed by atoms with van der Waals surface area (Å²) in [5.41, 5.74) is -1.41. The van der Waals surface area contributed by atoms with Crippen molar-refractivity contribution in [2.75, 3.05) is 13.6 Å². The highest BCUT2D eigenvalue weighted by atomic mass is 16.2. The summed E-state index contributed by atoms with van der Waals surface area (Å²) in [4.78, 5) is 36.0. The van der Waals surface area contributed by atoms with Gasteiger partial charge in [-0.3, -0.25) is 19.0 Å². The molecule has 0 aliphatic carbocycles. The molecule has 0 aromatic carbocycles. The smallest absolute Gasteiger partial charge is 0.316 e. The van der Waals surface area contributed by atoms with E-state index in [2.05, 4.69) is 0 Å². The Morgan fingerprint density at radius 3 is 2.67 bits per heavy atom. The van der Waals surface area contributed by atoms with Gasteiger partial charge in [0.1, 0.15) is 6.54 Å². The molecule has 18 heavy (non-hydrogen) atoms. The number of hydrogen-bond donors (Lipinski definition) is 0. The van der Waals surface area contributed by atoms with Crippen LogP contribution in [0.2, 0.25) is 0 Å². The van der Waals surface area contributed by atoms with E-state index in [1.807, 2.05) is 6.07 Å². The van der Waals surface area contributed by atoms with Crippen LogP contribution in [-0.2, 0) is 18.4 Å². The molecule has 1 aromatic rings. The number of nitrogens with zero attached hydrogens (tertiary/aromatic N) is 4. The van der Waals surface area contributed by atoms with E-state index in [9.17, 15) is 14.4 Å². The van der Waals surface area contributed by atoms with Crippen LogP contribution in [0.3, 0.4) is 0 Å². The minimum absolute atomic E-state index is 0.198. The Hall–Kier alpha value is -2.36. The van der Waals surface area contributed by atoms with Crippen LogP contribution in [0.4, 0.5) is 0 Å². The lowest BCUT2D eigenvalue weighted by Crippen LogP contribution is -2.42. The number of carbonyl (C=O) groups is 1. The summed E-state index contributed by atoms with van der Waals surface area (Å²) in [6.07, 6.45) is 3.04. The van der Waals surface area contributed by atoms with E-state index in [4.69, 9.17) is 5.26 Å². The van der Waals surface area contributed by atoms with E-state index < -0.39 is 11.1 Å². The third-order valence-corrected chi connectivity index (χ3v) is 2.52. The largest absolute Gasteiger partial charge is 0.343 e. The van der Waals surface area contributed by atoms with E-state index in [1.54, 1.807) is 7.05 Å². The molecule has 1 heterocycles. The van der Waals surface area contributed by atoms with E-state index >= 15 is 0 Å². The third kappa shape index (κ3) is 3.07. The van der Waals surface area contributed by atoms with Crippen LogP contribution in [0.15, 0.2) is 22.0 Å². The molecule has 7 heteroatoms. The molecular formula is C11H14N4O3. The van der Waals surface area contributed by atoms with E-state index in [1.165, 1.54) is 24.3 Å². The molecule has 0 saturated carbocycles. The first-order chi connectivity index (χ1) is 8.47. The Morgan fingerprint density at radius 2 is 2.06 bits per heavy atom. The number of aryl methyl sites for hydroxylation is 1. The summed E-state index contributed by atoms with van der Waals surface area (Å²) in [5.74, 6) is -0.319. The Balaban J connectivity index is 2.84. The van der Waals surface area contributed by atoms with Crippen molar-refractivity contribution in [3.8, 4) is 6.07 Å². The van der Waals surface area contributed by atoms with Gasteiger partial charge < -0.3 is 9.47 Å². The van der Waals surface area contributed by atoms with Crippen molar-refractivity contribution in [3.05, 3.63) is 33.1 Å². The number of aromatic nitrogens is 2. The number of rotatable bonds is 4. The molecule has 0 bridgehead atoms. The average Bonchev–Trinajstić information content (AvgIpc) is 2.36. The lowest BCUT2D eigenvalue weighted by atomic mass is 10.4. The minimum atomic E-state index is -0.734. The highest BCUT2D eigenvalue weighted by Gasteiger charge is 2.11. The van der Waals surface area contributed by atoms with Gasteiger partial charge in [-0.15, -0.1) is 0 Å². The van der Waals surface area contributed by atoms with Gasteiger partial charge in [-0.25, -0.2) is 0 Å². The Bertz CT molecular complexity index is 594. The zero-order chi connectivity index (χ0) is 13.7. The van der Waals surface area contributed by atoms with E-state index in [0.29, 0.717) is 6.54 Å². The molecule has 1 rings (SSSR count). The molecule has 0 unspecified atom stereocenters. The fourth-order valence-electron chi connectivity index (χ4n) is 1.32. The van der Waals surface area contributed by atoms with Crippen molar-refractivity contribution in [2.24, 2.45) is 7.05 Å². The fraction of sp³-hybridized carbons (Fsp3) is 0.455. The second-order valence-corrected chi connectivity index (χ2v) is 3.87. The molecule has 1 aromatic heterocycles. The van der Waals surface area contributed by atoms with Gasteiger partial charge in [0.15, 0.2) is 0 Å². The molecule has 0 radical (unpaired) electrons. The van der Waals surface area contributed by atoms with Crippen LogP contribution in [0, 0.1) is 11.3 Å². The van der Waals surface area contributed by atoms with Gasteiger partial charge in [0.2, 0.25) is 5.91 Å². The minimum Gasteiger partial charge on any atom is -0.343 e. The van der Waals surface area contributed by atoms with Gasteiger partial charge >= 0.3 is 11.1 Å². The quantitative estimate of drug-likeness (QED) is 0.636. The molecule has 0 aliphatic heterocycles.